The Balaban J connectivity index is 2.16. The molecule has 18 heavy (non-hydrogen) atoms. The fourth-order valence-corrected chi connectivity index (χ4v) is 2.28. The van der Waals surface area contributed by atoms with E-state index in [0.717, 1.165) is 31.2 Å². The minimum absolute atomic E-state index is 0.120. The first-order valence-electron chi connectivity index (χ1n) is 6.45. The van der Waals surface area contributed by atoms with E-state index in [1.165, 1.54) is 0 Å². The van der Waals surface area contributed by atoms with Gasteiger partial charge in [0.2, 0.25) is 0 Å². The highest BCUT2D eigenvalue weighted by atomic mass is 19.3. The first-order valence-corrected chi connectivity index (χ1v) is 6.45. The van der Waals surface area contributed by atoms with E-state index >= 15 is 0 Å². The number of unbranched alkanes of at least 4 members (excludes halogenated alkanes) is 1. The van der Waals surface area contributed by atoms with E-state index in [2.05, 4.69) is 23.3 Å². The van der Waals surface area contributed by atoms with E-state index in [-0.39, 0.29) is 11.5 Å². The van der Waals surface area contributed by atoms with E-state index in [1.807, 2.05) is 6.07 Å². The van der Waals surface area contributed by atoms with Crippen molar-refractivity contribution in [2.24, 2.45) is 0 Å². The lowest BCUT2D eigenvalue weighted by molar-refractivity contribution is -0.286. The number of alkyl halides is 2. The van der Waals surface area contributed by atoms with Crippen LogP contribution in [0.1, 0.15) is 51.0 Å². The fourth-order valence-electron chi connectivity index (χ4n) is 2.28. The van der Waals surface area contributed by atoms with Gasteiger partial charge < -0.3 is 9.47 Å². The standard InChI is InChI=1S/C14H18F2O2/c1-3-5-6-10(4-2)11-7-8-12-13(9-11)18-14(15,16)17-12/h7-10H,3-6H2,1-2H3. The maximum absolute atomic E-state index is 12.9. The van der Waals surface area contributed by atoms with Crippen LogP contribution < -0.4 is 9.47 Å². The van der Waals surface area contributed by atoms with Crippen LogP contribution in [-0.2, 0) is 0 Å². The zero-order chi connectivity index (χ0) is 13.2. The van der Waals surface area contributed by atoms with Gasteiger partial charge in [0.1, 0.15) is 0 Å². The van der Waals surface area contributed by atoms with Crippen molar-refractivity contribution in [2.75, 3.05) is 0 Å². The molecule has 0 radical (unpaired) electrons. The molecular weight excluding hydrogens is 238 g/mol. The molecular formula is C14H18F2O2. The van der Waals surface area contributed by atoms with E-state index < -0.39 is 6.29 Å². The lowest BCUT2D eigenvalue weighted by Crippen LogP contribution is -2.25. The molecule has 0 amide bonds. The molecule has 2 nitrogen and oxygen atoms in total. The van der Waals surface area contributed by atoms with Crippen LogP contribution in [0.2, 0.25) is 0 Å². The van der Waals surface area contributed by atoms with Gasteiger partial charge in [0, 0.05) is 0 Å². The van der Waals surface area contributed by atoms with Gasteiger partial charge in [0.05, 0.1) is 0 Å². The molecule has 1 unspecified atom stereocenters. The van der Waals surface area contributed by atoms with Gasteiger partial charge in [-0.05, 0) is 36.5 Å². The summed E-state index contributed by atoms with van der Waals surface area (Å²) < 4.78 is 34.7. The maximum Gasteiger partial charge on any atom is 0.586 e. The molecule has 0 bridgehead atoms. The van der Waals surface area contributed by atoms with Gasteiger partial charge in [-0.1, -0.05) is 32.8 Å². The Bertz CT molecular complexity index is 418. The Morgan fingerprint density at radius 1 is 1.17 bits per heavy atom. The predicted octanol–water partition coefficient (Wildman–Crippen LogP) is 4.69. The van der Waals surface area contributed by atoms with Gasteiger partial charge >= 0.3 is 6.29 Å². The number of hydrogen-bond donors (Lipinski definition) is 0. The molecule has 1 aliphatic rings. The highest BCUT2D eigenvalue weighted by molar-refractivity contribution is 5.46. The third kappa shape index (κ3) is 2.74. The number of benzene rings is 1. The topological polar surface area (TPSA) is 18.5 Å². The highest BCUT2D eigenvalue weighted by Gasteiger charge is 2.43. The molecule has 1 aromatic rings. The summed E-state index contributed by atoms with van der Waals surface area (Å²) >= 11 is 0. The number of rotatable bonds is 5. The van der Waals surface area contributed by atoms with Crippen molar-refractivity contribution in [3.8, 4) is 11.5 Å². The molecule has 4 heteroatoms. The SMILES string of the molecule is CCCCC(CC)c1ccc2c(c1)OC(F)(F)O2. The molecule has 100 valence electrons. The summed E-state index contributed by atoms with van der Waals surface area (Å²) in [4.78, 5) is 0. The molecule has 1 heterocycles. The quantitative estimate of drug-likeness (QED) is 0.760. The second-order valence-corrected chi connectivity index (χ2v) is 4.62. The fraction of sp³-hybridized carbons (Fsp3) is 0.571. The lowest BCUT2D eigenvalue weighted by Gasteiger charge is -2.15. The summed E-state index contributed by atoms with van der Waals surface area (Å²) in [5, 5.41) is 0. The molecule has 0 saturated heterocycles. The number of fused-ring (bicyclic) bond motifs is 1. The Kier molecular flexibility index (Phi) is 3.73. The van der Waals surface area contributed by atoms with E-state index in [0.29, 0.717) is 5.92 Å². The van der Waals surface area contributed by atoms with Crippen LogP contribution in [0.15, 0.2) is 18.2 Å². The van der Waals surface area contributed by atoms with Crippen molar-refractivity contribution >= 4 is 0 Å². The van der Waals surface area contributed by atoms with Gasteiger partial charge in [0.15, 0.2) is 11.5 Å². The molecule has 0 saturated carbocycles. The normalized spacial score (nSPS) is 17.8. The van der Waals surface area contributed by atoms with Crippen LogP contribution in [0, 0.1) is 0 Å². The number of halogens is 2. The molecule has 1 aliphatic heterocycles. The second-order valence-electron chi connectivity index (χ2n) is 4.62. The highest BCUT2D eigenvalue weighted by Crippen LogP contribution is 2.43. The summed E-state index contributed by atoms with van der Waals surface area (Å²) in [6.45, 7) is 4.26. The smallest absolute Gasteiger partial charge is 0.395 e. The van der Waals surface area contributed by atoms with Gasteiger partial charge in [-0.3, -0.25) is 0 Å². The van der Waals surface area contributed by atoms with Crippen LogP contribution in [0.3, 0.4) is 0 Å². The van der Waals surface area contributed by atoms with Crippen molar-refractivity contribution < 1.29 is 18.3 Å². The zero-order valence-corrected chi connectivity index (χ0v) is 10.7. The first-order chi connectivity index (χ1) is 8.55. The Morgan fingerprint density at radius 2 is 1.89 bits per heavy atom. The Morgan fingerprint density at radius 3 is 2.56 bits per heavy atom. The van der Waals surface area contributed by atoms with Crippen LogP contribution in [0.25, 0.3) is 0 Å². The minimum atomic E-state index is -3.52. The van der Waals surface area contributed by atoms with Gasteiger partial charge in [0.25, 0.3) is 0 Å². The Labute approximate surface area is 106 Å². The number of ether oxygens (including phenoxy) is 2. The largest absolute Gasteiger partial charge is 0.586 e. The van der Waals surface area contributed by atoms with Crippen molar-refractivity contribution in [3.63, 3.8) is 0 Å². The van der Waals surface area contributed by atoms with Crippen LogP contribution in [0.4, 0.5) is 8.78 Å². The summed E-state index contributed by atoms with van der Waals surface area (Å²) in [5.74, 6) is 0.662. The molecule has 0 spiro atoms. The van der Waals surface area contributed by atoms with Crippen molar-refractivity contribution in [1.29, 1.82) is 0 Å². The second kappa shape index (κ2) is 5.12. The number of hydrogen-bond acceptors (Lipinski definition) is 2. The minimum Gasteiger partial charge on any atom is -0.395 e. The van der Waals surface area contributed by atoms with E-state index in [4.69, 9.17) is 0 Å². The monoisotopic (exact) mass is 256 g/mol. The first kappa shape index (κ1) is 13.1. The van der Waals surface area contributed by atoms with Crippen LogP contribution in [-0.4, -0.2) is 6.29 Å². The average molecular weight is 256 g/mol. The molecule has 0 fully saturated rings. The predicted molar refractivity (Wildman–Crippen MR) is 65.2 cm³/mol. The molecule has 1 atom stereocenters. The van der Waals surface area contributed by atoms with Crippen molar-refractivity contribution in [1.82, 2.24) is 0 Å². The average Bonchev–Trinajstić information content (AvgIpc) is 2.63. The molecule has 0 aromatic heterocycles. The van der Waals surface area contributed by atoms with Crippen LogP contribution in [0.5, 0.6) is 11.5 Å². The maximum atomic E-state index is 12.9. The third-order valence-electron chi connectivity index (χ3n) is 3.30. The summed E-state index contributed by atoms with van der Waals surface area (Å²) in [6, 6.07) is 5.10. The molecule has 0 N–H and O–H groups in total. The molecule has 1 aromatic carbocycles. The van der Waals surface area contributed by atoms with Gasteiger partial charge in [-0.25, -0.2) is 0 Å². The lowest BCUT2D eigenvalue weighted by atomic mass is 9.91. The summed E-state index contributed by atoms with van der Waals surface area (Å²) in [5.41, 5.74) is 1.05. The third-order valence-corrected chi connectivity index (χ3v) is 3.30. The molecule has 0 aliphatic carbocycles. The van der Waals surface area contributed by atoms with Crippen molar-refractivity contribution in [3.05, 3.63) is 23.8 Å². The molecule has 2 rings (SSSR count). The summed E-state index contributed by atoms with van der Waals surface area (Å²) in [6.07, 6.45) is 0.827. The zero-order valence-electron chi connectivity index (χ0n) is 10.7. The summed E-state index contributed by atoms with van der Waals surface area (Å²) in [7, 11) is 0. The van der Waals surface area contributed by atoms with Gasteiger partial charge in [-0.2, -0.15) is 0 Å². The van der Waals surface area contributed by atoms with E-state index in [9.17, 15) is 8.78 Å². The van der Waals surface area contributed by atoms with Gasteiger partial charge in [-0.15, -0.1) is 8.78 Å². The van der Waals surface area contributed by atoms with Crippen LogP contribution >= 0.6 is 0 Å². The van der Waals surface area contributed by atoms with Crippen molar-refractivity contribution in [2.45, 2.75) is 51.7 Å². The van der Waals surface area contributed by atoms with E-state index in [1.54, 1.807) is 12.1 Å². The Hall–Kier alpha value is -1.32.